The quantitative estimate of drug-likeness (QED) is 0.450. The lowest BCUT2D eigenvalue weighted by Crippen LogP contribution is -2.23. The summed E-state index contributed by atoms with van der Waals surface area (Å²) in [6.07, 6.45) is 5.29. The zero-order valence-corrected chi connectivity index (χ0v) is 11.7. The average molecular weight is 268 g/mol. The average Bonchev–Trinajstić information content (AvgIpc) is 2.30. The van der Waals surface area contributed by atoms with Gasteiger partial charge in [-0.1, -0.05) is 58.8 Å². The fourth-order valence-electron chi connectivity index (χ4n) is 1.95. The molecule has 4 heteroatoms. The second kappa shape index (κ2) is 10.7. The van der Waals surface area contributed by atoms with Crippen molar-refractivity contribution in [2.45, 2.75) is 83.9 Å². The first-order valence-corrected chi connectivity index (χ1v) is 7.18. The van der Waals surface area contributed by atoms with Gasteiger partial charge in [-0.05, 0) is 12.8 Å². The second-order valence-corrected chi connectivity index (χ2v) is 4.87. The van der Waals surface area contributed by atoms with Gasteiger partial charge >= 0.3 is 6.18 Å². The lowest BCUT2D eigenvalue weighted by molar-refractivity contribution is -0.186. The molecular formula is C14H27F3O. The minimum absolute atomic E-state index is 0.234. The first-order valence-electron chi connectivity index (χ1n) is 7.18. The largest absolute Gasteiger partial charge is 0.411 e. The van der Waals surface area contributed by atoms with E-state index in [1.54, 1.807) is 0 Å². The Morgan fingerprint density at radius 2 is 1.44 bits per heavy atom. The van der Waals surface area contributed by atoms with Crippen molar-refractivity contribution in [3.05, 3.63) is 0 Å². The van der Waals surface area contributed by atoms with Crippen molar-refractivity contribution in [3.63, 3.8) is 0 Å². The molecule has 0 radical (unpaired) electrons. The third-order valence-electron chi connectivity index (χ3n) is 3.07. The summed E-state index contributed by atoms with van der Waals surface area (Å²) in [6, 6.07) is 0. The van der Waals surface area contributed by atoms with Gasteiger partial charge in [0.25, 0.3) is 0 Å². The molecule has 0 rings (SSSR count). The fraction of sp³-hybridized carbons (Fsp3) is 1.00. The molecule has 18 heavy (non-hydrogen) atoms. The highest BCUT2D eigenvalue weighted by Crippen LogP contribution is 2.19. The fourth-order valence-corrected chi connectivity index (χ4v) is 1.95. The molecule has 0 fully saturated rings. The second-order valence-electron chi connectivity index (χ2n) is 4.87. The van der Waals surface area contributed by atoms with E-state index in [0.717, 1.165) is 19.3 Å². The minimum Gasteiger partial charge on any atom is -0.369 e. The molecule has 0 aliphatic carbocycles. The SMILES string of the molecule is CCCCCCCCCC(CC)OCC(F)(F)F. The van der Waals surface area contributed by atoms with E-state index in [0.29, 0.717) is 6.42 Å². The molecule has 0 heterocycles. The van der Waals surface area contributed by atoms with Crippen molar-refractivity contribution in [2.24, 2.45) is 0 Å². The van der Waals surface area contributed by atoms with Crippen LogP contribution in [0, 0.1) is 0 Å². The van der Waals surface area contributed by atoms with Gasteiger partial charge in [0.15, 0.2) is 0 Å². The summed E-state index contributed by atoms with van der Waals surface area (Å²) in [5, 5.41) is 0. The van der Waals surface area contributed by atoms with E-state index in [1.165, 1.54) is 32.1 Å². The van der Waals surface area contributed by atoms with Gasteiger partial charge in [0, 0.05) is 0 Å². The highest BCUT2D eigenvalue weighted by atomic mass is 19.4. The maximum atomic E-state index is 12.0. The van der Waals surface area contributed by atoms with Crippen LogP contribution in [-0.4, -0.2) is 18.9 Å². The van der Waals surface area contributed by atoms with E-state index < -0.39 is 12.8 Å². The van der Waals surface area contributed by atoms with E-state index in [-0.39, 0.29) is 6.10 Å². The summed E-state index contributed by atoms with van der Waals surface area (Å²) < 4.78 is 40.8. The lowest BCUT2D eigenvalue weighted by atomic mass is 10.1. The molecule has 0 saturated heterocycles. The van der Waals surface area contributed by atoms with Gasteiger partial charge in [-0.15, -0.1) is 0 Å². The van der Waals surface area contributed by atoms with Crippen molar-refractivity contribution in [2.75, 3.05) is 6.61 Å². The summed E-state index contributed by atoms with van der Waals surface area (Å²) in [7, 11) is 0. The number of hydrogen-bond donors (Lipinski definition) is 0. The molecule has 1 atom stereocenters. The summed E-state index contributed by atoms with van der Waals surface area (Å²) in [4.78, 5) is 0. The number of rotatable bonds is 11. The highest BCUT2D eigenvalue weighted by Gasteiger charge is 2.28. The molecule has 0 aliphatic heterocycles. The van der Waals surface area contributed by atoms with Crippen LogP contribution >= 0.6 is 0 Å². The van der Waals surface area contributed by atoms with Gasteiger partial charge in [0.1, 0.15) is 6.61 Å². The maximum absolute atomic E-state index is 12.0. The van der Waals surface area contributed by atoms with Gasteiger partial charge in [0.05, 0.1) is 6.10 Å². The molecule has 110 valence electrons. The van der Waals surface area contributed by atoms with Crippen molar-refractivity contribution in [1.82, 2.24) is 0 Å². The van der Waals surface area contributed by atoms with Gasteiger partial charge in [-0.25, -0.2) is 0 Å². The predicted octanol–water partition coefficient (Wildman–Crippen LogP) is 5.48. The Hall–Kier alpha value is -0.250. The van der Waals surface area contributed by atoms with Crippen LogP contribution in [0.2, 0.25) is 0 Å². The maximum Gasteiger partial charge on any atom is 0.411 e. The van der Waals surface area contributed by atoms with E-state index in [9.17, 15) is 13.2 Å². The number of alkyl halides is 3. The Balaban J connectivity index is 3.44. The van der Waals surface area contributed by atoms with Crippen molar-refractivity contribution >= 4 is 0 Å². The van der Waals surface area contributed by atoms with Crippen LogP contribution in [0.4, 0.5) is 13.2 Å². The molecule has 0 aromatic carbocycles. The highest BCUT2D eigenvalue weighted by molar-refractivity contribution is 4.58. The van der Waals surface area contributed by atoms with Gasteiger partial charge < -0.3 is 4.74 Å². The van der Waals surface area contributed by atoms with Crippen LogP contribution in [0.25, 0.3) is 0 Å². The zero-order valence-electron chi connectivity index (χ0n) is 11.7. The number of hydrogen-bond acceptors (Lipinski definition) is 1. The van der Waals surface area contributed by atoms with Gasteiger partial charge in [0.2, 0.25) is 0 Å². The Bertz CT molecular complexity index is 180. The van der Waals surface area contributed by atoms with Crippen molar-refractivity contribution in [3.8, 4) is 0 Å². The smallest absolute Gasteiger partial charge is 0.369 e. The van der Waals surface area contributed by atoms with Crippen LogP contribution in [0.3, 0.4) is 0 Å². The van der Waals surface area contributed by atoms with E-state index in [4.69, 9.17) is 4.74 Å². The standard InChI is InChI=1S/C14H27F3O/c1-3-5-6-7-8-9-10-11-13(4-2)18-12-14(15,16)17/h13H,3-12H2,1-2H3. The van der Waals surface area contributed by atoms with Crippen molar-refractivity contribution < 1.29 is 17.9 Å². The Labute approximate surface area is 109 Å². The Kier molecular flexibility index (Phi) is 10.5. The molecule has 0 aromatic heterocycles. The van der Waals surface area contributed by atoms with Crippen LogP contribution in [0.1, 0.15) is 71.6 Å². The summed E-state index contributed by atoms with van der Waals surface area (Å²) >= 11 is 0. The van der Waals surface area contributed by atoms with E-state index >= 15 is 0 Å². The molecule has 0 amide bonds. The van der Waals surface area contributed by atoms with E-state index in [2.05, 4.69) is 6.92 Å². The molecule has 1 nitrogen and oxygen atoms in total. The van der Waals surface area contributed by atoms with Crippen LogP contribution in [0.15, 0.2) is 0 Å². The van der Waals surface area contributed by atoms with Gasteiger partial charge in [-0.3, -0.25) is 0 Å². The molecule has 0 aliphatic rings. The number of ether oxygens (including phenoxy) is 1. The topological polar surface area (TPSA) is 9.23 Å². The molecule has 0 saturated carbocycles. The first-order chi connectivity index (χ1) is 8.49. The minimum atomic E-state index is -4.20. The number of halogens is 3. The molecule has 0 N–H and O–H groups in total. The summed E-state index contributed by atoms with van der Waals surface area (Å²) in [5.74, 6) is 0. The summed E-state index contributed by atoms with van der Waals surface area (Å²) in [5.41, 5.74) is 0. The molecule has 1 unspecified atom stereocenters. The molecular weight excluding hydrogens is 241 g/mol. The third kappa shape index (κ3) is 12.2. The normalized spacial score (nSPS) is 13.8. The van der Waals surface area contributed by atoms with Crippen LogP contribution < -0.4 is 0 Å². The van der Waals surface area contributed by atoms with Gasteiger partial charge in [-0.2, -0.15) is 13.2 Å². The monoisotopic (exact) mass is 268 g/mol. The predicted molar refractivity (Wildman–Crippen MR) is 68.7 cm³/mol. The Morgan fingerprint density at radius 3 is 1.94 bits per heavy atom. The van der Waals surface area contributed by atoms with Crippen LogP contribution in [0.5, 0.6) is 0 Å². The number of unbranched alkanes of at least 4 members (excludes halogenated alkanes) is 6. The zero-order chi connectivity index (χ0) is 13.9. The summed E-state index contributed by atoms with van der Waals surface area (Å²) in [6.45, 7) is 2.95. The lowest BCUT2D eigenvalue weighted by Gasteiger charge is -2.17. The molecule has 0 spiro atoms. The van der Waals surface area contributed by atoms with E-state index in [1.807, 2.05) is 6.92 Å². The molecule has 0 aromatic rings. The van der Waals surface area contributed by atoms with Crippen molar-refractivity contribution in [1.29, 1.82) is 0 Å². The third-order valence-corrected chi connectivity index (χ3v) is 3.07. The Morgan fingerprint density at radius 1 is 0.889 bits per heavy atom. The molecule has 0 bridgehead atoms. The first kappa shape index (κ1) is 17.8. The van der Waals surface area contributed by atoms with Crippen LogP contribution in [-0.2, 0) is 4.74 Å².